The highest BCUT2D eigenvalue weighted by Crippen LogP contribution is 2.10. The lowest BCUT2D eigenvalue weighted by Gasteiger charge is -1.97. The summed E-state index contributed by atoms with van der Waals surface area (Å²) in [6, 6.07) is 5.24. The van der Waals surface area contributed by atoms with Gasteiger partial charge in [-0.3, -0.25) is 0 Å². The molecule has 2 heterocycles. The molecule has 0 amide bonds. The molecular weight excluding hydrogens is 178 g/mol. The number of nitrogens with zero attached hydrogens (tertiary/aromatic N) is 5. The molecule has 0 unspecified atom stereocenters. The molecule has 0 aromatic carbocycles. The van der Waals surface area contributed by atoms with Crippen LogP contribution in [0, 0.1) is 11.3 Å². The summed E-state index contributed by atoms with van der Waals surface area (Å²) < 4.78 is 0. The van der Waals surface area contributed by atoms with Crippen molar-refractivity contribution in [3.05, 3.63) is 36.4 Å². The van der Waals surface area contributed by atoms with E-state index in [2.05, 4.69) is 20.2 Å². The Morgan fingerprint density at radius 2 is 2.07 bits per heavy atom. The first-order valence-electron chi connectivity index (χ1n) is 3.90. The molecule has 0 N–H and O–H groups in total. The van der Waals surface area contributed by atoms with Crippen LogP contribution >= 0.6 is 0 Å². The van der Waals surface area contributed by atoms with Crippen molar-refractivity contribution < 1.29 is 0 Å². The quantitative estimate of drug-likeness (QED) is 0.653. The Kier molecular flexibility index (Phi) is 2.11. The first kappa shape index (κ1) is 8.26. The maximum absolute atomic E-state index is 8.64. The second-order valence-corrected chi connectivity index (χ2v) is 2.51. The van der Waals surface area contributed by atoms with Crippen molar-refractivity contribution in [3.63, 3.8) is 0 Å². The van der Waals surface area contributed by atoms with Crippen molar-refractivity contribution in [2.75, 3.05) is 0 Å². The molecule has 0 radical (unpaired) electrons. The third-order valence-corrected chi connectivity index (χ3v) is 1.61. The summed E-state index contributed by atoms with van der Waals surface area (Å²) in [6.45, 7) is 0. The molecule has 0 fully saturated rings. The van der Waals surface area contributed by atoms with Gasteiger partial charge in [0.05, 0.1) is 12.4 Å². The average Bonchev–Trinajstić information content (AvgIpc) is 2.30. The minimum Gasteiger partial charge on any atom is -0.236 e. The summed E-state index contributed by atoms with van der Waals surface area (Å²) in [5, 5.41) is 16.0. The fraction of sp³-hybridized carbons (Fsp3) is 0. The molecule has 14 heavy (non-hydrogen) atoms. The summed E-state index contributed by atoms with van der Waals surface area (Å²) in [7, 11) is 0. The second-order valence-electron chi connectivity index (χ2n) is 2.51. The van der Waals surface area contributed by atoms with Gasteiger partial charge in [0.15, 0.2) is 5.82 Å². The highest BCUT2D eigenvalue weighted by molar-refractivity contribution is 5.52. The number of nitriles is 1. The van der Waals surface area contributed by atoms with Crippen molar-refractivity contribution in [1.29, 1.82) is 5.26 Å². The Bertz CT molecular complexity index is 474. The molecule has 0 saturated heterocycles. The van der Waals surface area contributed by atoms with Crippen molar-refractivity contribution in [2.45, 2.75) is 0 Å². The predicted octanol–water partition coefficient (Wildman–Crippen LogP) is 0.805. The molecule has 66 valence electrons. The van der Waals surface area contributed by atoms with E-state index in [-0.39, 0.29) is 0 Å². The van der Waals surface area contributed by atoms with Gasteiger partial charge in [0.25, 0.3) is 0 Å². The first-order chi connectivity index (χ1) is 6.90. The normalized spacial score (nSPS) is 9.36. The molecule has 0 atom stereocenters. The molecule has 2 aromatic rings. The van der Waals surface area contributed by atoms with E-state index in [9.17, 15) is 0 Å². The Hall–Kier alpha value is -2.35. The lowest BCUT2D eigenvalue weighted by molar-refractivity contribution is 1.02. The zero-order valence-electron chi connectivity index (χ0n) is 7.12. The van der Waals surface area contributed by atoms with E-state index in [1.165, 1.54) is 0 Å². The molecule has 0 aliphatic rings. The Balaban J connectivity index is 2.49. The van der Waals surface area contributed by atoms with E-state index >= 15 is 0 Å². The Labute approximate surface area is 80.1 Å². The highest BCUT2D eigenvalue weighted by atomic mass is 15.1. The molecule has 0 spiro atoms. The van der Waals surface area contributed by atoms with Gasteiger partial charge in [-0.15, -0.1) is 0 Å². The smallest absolute Gasteiger partial charge is 0.162 e. The van der Waals surface area contributed by atoms with Crippen LogP contribution in [-0.2, 0) is 0 Å². The van der Waals surface area contributed by atoms with Crippen LogP contribution in [0.25, 0.3) is 11.4 Å². The molecule has 0 saturated carbocycles. The molecule has 5 heteroatoms. The van der Waals surface area contributed by atoms with E-state index in [0.717, 1.165) is 5.56 Å². The topological polar surface area (TPSA) is 75.3 Å². The minimum absolute atomic E-state index is 0.340. The van der Waals surface area contributed by atoms with Crippen molar-refractivity contribution in [3.8, 4) is 17.5 Å². The van der Waals surface area contributed by atoms with Gasteiger partial charge in [-0.05, 0) is 12.1 Å². The van der Waals surface area contributed by atoms with Gasteiger partial charge in [0.2, 0.25) is 0 Å². The summed E-state index contributed by atoms with van der Waals surface area (Å²) in [5.74, 6) is 0.485. The number of hydrogen-bond acceptors (Lipinski definition) is 5. The molecule has 0 aliphatic heterocycles. The Morgan fingerprint density at radius 3 is 2.79 bits per heavy atom. The first-order valence-corrected chi connectivity index (χ1v) is 3.90. The second kappa shape index (κ2) is 3.58. The average molecular weight is 183 g/mol. The molecule has 0 aliphatic carbocycles. The SMILES string of the molecule is N#Cc1ccnc(-c2ccnnc2)n1. The van der Waals surface area contributed by atoms with Crippen LogP contribution in [0.3, 0.4) is 0 Å². The van der Waals surface area contributed by atoms with E-state index in [0.29, 0.717) is 11.5 Å². The molecule has 0 bridgehead atoms. The molecule has 5 nitrogen and oxygen atoms in total. The maximum atomic E-state index is 8.64. The van der Waals surface area contributed by atoms with Crippen LogP contribution in [0.2, 0.25) is 0 Å². The van der Waals surface area contributed by atoms with Gasteiger partial charge in [0.1, 0.15) is 11.8 Å². The molecule has 2 aromatic heterocycles. The van der Waals surface area contributed by atoms with Gasteiger partial charge < -0.3 is 0 Å². The number of aromatic nitrogens is 4. The monoisotopic (exact) mass is 183 g/mol. The van der Waals surface area contributed by atoms with E-state index < -0.39 is 0 Å². The lowest BCUT2D eigenvalue weighted by atomic mass is 10.3. The summed E-state index contributed by atoms with van der Waals surface area (Å²) in [6.07, 6.45) is 4.65. The summed E-state index contributed by atoms with van der Waals surface area (Å²) in [5.41, 5.74) is 1.09. The van der Waals surface area contributed by atoms with Gasteiger partial charge in [-0.1, -0.05) is 0 Å². The van der Waals surface area contributed by atoms with Gasteiger partial charge in [-0.25, -0.2) is 9.97 Å². The third-order valence-electron chi connectivity index (χ3n) is 1.61. The zero-order valence-corrected chi connectivity index (χ0v) is 7.12. The van der Waals surface area contributed by atoms with Crippen LogP contribution in [-0.4, -0.2) is 20.2 Å². The minimum atomic E-state index is 0.340. The van der Waals surface area contributed by atoms with Crippen LogP contribution < -0.4 is 0 Å². The maximum Gasteiger partial charge on any atom is 0.162 e. The van der Waals surface area contributed by atoms with E-state index in [1.54, 1.807) is 30.7 Å². The molecule has 2 rings (SSSR count). The largest absolute Gasteiger partial charge is 0.236 e. The van der Waals surface area contributed by atoms with Crippen LogP contribution in [0.4, 0.5) is 0 Å². The van der Waals surface area contributed by atoms with Crippen LogP contribution in [0.5, 0.6) is 0 Å². The third kappa shape index (κ3) is 1.54. The molecular formula is C9H5N5. The highest BCUT2D eigenvalue weighted by Gasteiger charge is 2.01. The van der Waals surface area contributed by atoms with Crippen molar-refractivity contribution >= 4 is 0 Å². The van der Waals surface area contributed by atoms with Crippen molar-refractivity contribution in [1.82, 2.24) is 20.2 Å². The zero-order chi connectivity index (χ0) is 9.80. The van der Waals surface area contributed by atoms with Gasteiger partial charge in [0, 0.05) is 11.8 Å². The summed E-state index contributed by atoms with van der Waals surface area (Å²) >= 11 is 0. The van der Waals surface area contributed by atoms with Crippen molar-refractivity contribution in [2.24, 2.45) is 0 Å². The number of rotatable bonds is 1. The lowest BCUT2D eigenvalue weighted by Crippen LogP contribution is -1.92. The number of hydrogen-bond donors (Lipinski definition) is 0. The van der Waals surface area contributed by atoms with E-state index in [4.69, 9.17) is 5.26 Å². The van der Waals surface area contributed by atoms with Gasteiger partial charge in [-0.2, -0.15) is 15.5 Å². The van der Waals surface area contributed by atoms with E-state index in [1.807, 2.05) is 6.07 Å². The predicted molar refractivity (Wildman–Crippen MR) is 47.8 cm³/mol. The fourth-order valence-electron chi connectivity index (χ4n) is 0.983. The summed E-state index contributed by atoms with van der Waals surface area (Å²) in [4.78, 5) is 8.05. The Morgan fingerprint density at radius 1 is 1.14 bits per heavy atom. The van der Waals surface area contributed by atoms with Crippen LogP contribution in [0.1, 0.15) is 5.69 Å². The standard InChI is InChI=1S/C9H5N5/c10-5-8-2-3-11-9(14-8)7-1-4-12-13-6-7/h1-4,6H. The van der Waals surface area contributed by atoms with Gasteiger partial charge >= 0.3 is 0 Å². The fourth-order valence-corrected chi connectivity index (χ4v) is 0.983. The van der Waals surface area contributed by atoms with Crippen LogP contribution in [0.15, 0.2) is 30.7 Å².